The van der Waals surface area contributed by atoms with Crippen LogP contribution < -0.4 is 21.3 Å². The molecular weight excluding hydrogens is 610 g/mol. The predicted octanol–water partition coefficient (Wildman–Crippen LogP) is 2.94. The number of nitrogens with zero attached hydrogens (tertiary/aromatic N) is 8. The molecule has 13 nitrogen and oxygen atoms in total. The second-order valence-electron chi connectivity index (χ2n) is 12.4. The van der Waals surface area contributed by atoms with Crippen LogP contribution in [0.1, 0.15) is 12.5 Å². The fourth-order valence-corrected chi connectivity index (χ4v) is 6.82. The quantitative estimate of drug-likeness (QED) is 0.267. The van der Waals surface area contributed by atoms with Crippen LogP contribution in [0.2, 0.25) is 0 Å². The van der Waals surface area contributed by atoms with E-state index in [4.69, 9.17) is 4.74 Å². The SMILES string of the molecule is C[C@H]1CN(C2COC2)CCN1c1ccc(Nc2cc(-c3ccnc(-n4ncn5c(cc6ccccc65)c4=O)c3CO)cn(C)c2=O)nc1. The maximum absolute atomic E-state index is 13.7. The molecule has 2 saturated heterocycles. The van der Waals surface area contributed by atoms with E-state index in [2.05, 4.69) is 37.1 Å². The van der Waals surface area contributed by atoms with Crippen LogP contribution in [0.3, 0.4) is 0 Å². The van der Waals surface area contributed by atoms with Gasteiger partial charge in [0.2, 0.25) is 0 Å². The van der Waals surface area contributed by atoms with Gasteiger partial charge in [-0.25, -0.2) is 9.97 Å². The number of aryl methyl sites for hydroxylation is 1. The number of para-hydroxylation sites is 1. The lowest BCUT2D eigenvalue weighted by Gasteiger charge is -2.46. The maximum Gasteiger partial charge on any atom is 0.297 e. The van der Waals surface area contributed by atoms with Gasteiger partial charge >= 0.3 is 0 Å². The van der Waals surface area contributed by atoms with Crippen LogP contribution in [0.4, 0.5) is 17.2 Å². The van der Waals surface area contributed by atoms with Gasteiger partial charge in [0.25, 0.3) is 11.1 Å². The van der Waals surface area contributed by atoms with Crippen LogP contribution in [0.25, 0.3) is 33.4 Å². The normalized spacial score (nSPS) is 17.2. The summed E-state index contributed by atoms with van der Waals surface area (Å²) in [6.45, 7) is 6.33. The maximum atomic E-state index is 13.7. The summed E-state index contributed by atoms with van der Waals surface area (Å²) in [7, 11) is 1.67. The lowest BCUT2D eigenvalue weighted by molar-refractivity contribution is -0.0691. The van der Waals surface area contributed by atoms with Crippen LogP contribution in [0.15, 0.2) is 89.1 Å². The van der Waals surface area contributed by atoms with E-state index in [9.17, 15) is 14.7 Å². The standard InChI is InChI=1S/C35H35N9O4/c1-22-16-41(26-19-48-20-26)11-12-42(22)25-7-8-32(37-15-25)39-29-13-24(17-40(2)34(29)46)27-9-10-36-33(28(27)18-45)44-35(47)31-14-23-5-3-4-6-30(23)43(31)21-38-44/h3-10,13-15,17,21-22,26,45H,11-12,16,18-20H2,1-2H3,(H,37,39)/t22-/m0/s1. The zero-order valence-electron chi connectivity index (χ0n) is 26.7. The van der Waals surface area contributed by atoms with Crippen molar-refractivity contribution in [2.45, 2.75) is 25.6 Å². The summed E-state index contributed by atoms with van der Waals surface area (Å²) in [6.07, 6.45) is 6.67. The summed E-state index contributed by atoms with van der Waals surface area (Å²) in [4.78, 5) is 40.9. The molecule has 1 atom stereocenters. The molecule has 13 heteroatoms. The van der Waals surface area contributed by atoms with Crippen molar-refractivity contribution in [2.24, 2.45) is 7.05 Å². The Bertz CT molecular complexity index is 2270. The molecule has 0 radical (unpaired) electrons. The lowest BCUT2D eigenvalue weighted by Crippen LogP contribution is -2.59. The van der Waals surface area contributed by atoms with Crippen molar-refractivity contribution in [3.8, 4) is 16.9 Å². The molecule has 0 spiro atoms. The highest BCUT2D eigenvalue weighted by Gasteiger charge is 2.32. The molecule has 0 aliphatic carbocycles. The Balaban J connectivity index is 1.09. The molecule has 2 aliphatic heterocycles. The number of aliphatic hydroxyl groups is 1. The number of aliphatic hydroxyl groups excluding tert-OH is 1. The third-order valence-corrected chi connectivity index (χ3v) is 9.47. The molecule has 5 aromatic heterocycles. The molecular formula is C35H35N9O4. The molecule has 0 bridgehead atoms. The Kier molecular flexibility index (Phi) is 7.51. The van der Waals surface area contributed by atoms with Crippen molar-refractivity contribution in [2.75, 3.05) is 43.1 Å². The summed E-state index contributed by atoms with van der Waals surface area (Å²) < 4.78 is 9.81. The van der Waals surface area contributed by atoms with Gasteiger partial charge in [-0.1, -0.05) is 18.2 Å². The van der Waals surface area contributed by atoms with Gasteiger partial charge in [-0.3, -0.25) is 18.9 Å². The van der Waals surface area contributed by atoms with Gasteiger partial charge in [-0.05, 0) is 48.9 Å². The first-order chi connectivity index (χ1) is 23.4. The van der Waals surface area contributed by atoms with Crippen LogP contribution in [-0.2, 0) is 18.4 Å². The van der Waals surface area contributed by atoms with Crippen molar-refractivity contribution in [1.82, 2.24) is 33.6 Å². The van der Waals surface area contributed by atoms with Gasteiger partial charge in [0.05, 0.1) is 43.3 Å². The van der Waals surface area contributed by atoms with Gasteiger partial charge in [-0.15, -0.1) is 0 Å². The summed E-state index contributed by atoms with van der Waals surface area (Å²) in [5.41, 5.74) is 3.72. The number of pyridine rings is 3. The zero-order valence-corrected chi connectivity index (χ0v) is 26.7. The molecule has 8 rings (SSSR count). The number of aromatic nitrogens is 6. The first-order valence-corrected chi connectivity index (χ1v) is 16.0. The number of ether oxygens (including phenoxy) is 1. The summed E-state index contributed by atoms with van der Waals surface area (Å²) in [5, 5.41) is 19.1. The summed E-state index contributed by atoms with van der Waals surface area (Å²) >= 11 is 0. The molecule has 0 unspecified atom stereocenters. The molecule has 48 heavy (non-hydrogen) atoms. The highest BCUT2D eigenvalue weighted by molar-refractivity contribution is 5.86. The van der Waals surface area contributed by atoms with E-state index in [1.807, 2.05) is 48.7 Å². The van der Waals surface area contributed by atoms with Crippen LogP contribution >= 0.6 is 0 Å². The highest BCUT2D eigenvalue weighted by Crippen LogP contribution is 2.29. The molecule has 7 heterocycles. The van der Waals surface area contributed by atoms with Gasteiger partial charge in [0, 0.05) is 61.6 Å². The number of benzene rings is 1. The van der Waals surface area contributed by atoms with Crippen molar-refractivity contribution >= 4 is 33.6 Å². The average molecular weight is 646 g/mol. The topological polar surface area (TPSA) is 135 Å². The van der Waals surface area contributed by atoms with E-state index >= 15 is 0 Å². The van der Waals surface area contributed by atoms with E-state index in [0.29, 0.717) is 45.8 Å². The monoisotopic (exact) mass is 645 g/mol. The number of hydrogen-bond donors (Lipinski definition) is 2. The van der Waals surface area contributed by atoms with E-state index in [1.165, 1.54) is 9.25 Å². The molecule has 2 fully saturated rings. The average Bonchev–Trinajstić information content (AvgIpc) is 3.46. The number of anilines is 3. The Morgan fingerprint density at radius 2 is 1.85 bits per heavy atom. The van der Waals surface area contributed by atoms with E-state index in [-0.39, 0.29) is 16.9 Å². The van der Waals surface area contributed by atoms with E-state index < -0.39 is 6.61 Å². The molecule has 244 valence electrons. The number of hydrogen-bond acceptors (Lipinski definition) is 10. The largest absolute Gasteiger partial charge is 0.392 e. The van der Waals surface area contributed by atoms with Gasteiger partial charge < -0.3 is 24.6 Å². The van der Waals surface area contributed by atoms with Crippen LogP contribution in [-0.4, -0.2) is 83.7 Å². The van der Waals surface area contributed by atoms with Crippen molar-refractivity contribution in [1.29, 1.82) is 0 Å². The Morgan fingerprint density at radius 3 is 2.60 bits per heavy atom. The number of piperazine rings is 1. The fraction of sp³-hybridized carbons (Fsp3) is 0.286. The first kappa shape index (κ1) is 30.0. The molecule has 0 amide bonds. The molecule has 0 saturated carbocycles. The minimum absolute atomic E-state index is 0.212. The third-order valence-electron chi connectivity index (χ3n) is 9.47. The predicted molar refractivity (Wildman–Crippen MR) is 183 cm³/mol. The van der Waals surface area contributed by atoms with E-state index in [0.717, 1.165) is 49.4 Å². The lowest BCUT2D eigenvalue weighted by atomic mass is 10.0. The smallest absolute Gasteiger partial charge is 0.297 e. The number of fused-ring (bicyclic) bond motifs is 3. The number of rotatable bonds is 7. The molecule has 6 aromatic rings. The fourth-order valence-electron chi connectivity index (χ4n) is 6.82. The summed E-state index contributed by atoms with van der Waals surface area (Å²) in [6, 6.07) is 17.7. The van der Waals surface area contributed by atoms with Crippen molar-refractivity contribution in [3.05, 3.63) is 106 Å². The Hall–Kier alpha value is -5.37. The third kappa shape index (κ3) is 5.12. The van der Waals surface area contributed by atoms with Gasteiger partial charge in [0.15, 0.2) is 5.82 Å². The van der Waals surface area contributed by atoms with Crippen LogP contribution in [0, 0.1) is 0 Å². The first-order valence-electron chi connectivity index (χ1n) is 16.0. The van der Waals surface area contributed by atoms with Crippen molar-refractivity contribution < 1.29 is 9.84 Å². The summed E-state index contributed by atoms with van der Waals surface area (Å²) in [5.74, 6) is 0.747. The minimum atomic E-state index is -0.406. The second kappa shape index (κ2) is 12.0. The molecule has 1 aromatic carbocycles. The Labute approximate surface area is 275 Å². The minimum Gasteiger partial charge on any atom is -0.392 e. The molecule has 2 N–H and O–H groups in total. The molecule has 2 aliphatic rings. The van der Waals surface area contributed by atoms with Crippen LogP contribution in [0.5, 0.6) is 0 Å². The van der Waals surface area contributed by atoms with E-state index in [1.54, 1.807) is 42.3 Å². The van der Waals surface area contributed by atoms with Gasteiger partial charge in [-0.2, -0.15) is 9.78 Å². The van der Waals surface area contributed by atoms with Gasteiger partial charge in [0.1, 0.15) is 23.3 Å². The Morgan fingerprint density at radius 1 is 1.00 bits per heavy atom. The second-order valence-corrected chi connectivity index (χ2v) is 12.4. The number of nitrogens with one attached hydrogen (secondary N) is 1. The highest BCUT2D eigenvalue weighted by atomic mass is 16.5. The zero-order chi connectivity index (χ0) is 32.9. The van der Waals surface area contributed by atoms with Crippen molar-refractivity contribution in [3.63, 3.8) is 0 Å².